The van der Waals surface area contributed by atoms with E-state index in [1.165, 1.54) is 12.1 Å². The van der Waals surface area contributed by atoms with E-state index < -0.39 is 0 Å². The van der Waals surface area contributed by atoms with Gasteiger partial charge in [-0.3, -0.25) is 4.99 Å². The maximum absolute atomic E-state index is 5.39. The second kappa shape index (κ2) is 13.4. The van der Waals surface area contributed by atoms with Crippen molar-refractivity contribution in [2.24, 2.45) is 4.99 Å². The molecule has 1 unspecified atom stereocenters. The number of anilines is 1. The predicted octanol–water partition coefficient (Wildman–Crippen LogP) is 3.82. The number of hydrogen-bond donors (Lipinski definition) is 2. The second-order valence-electron chi connectivity index (χ2n) is 7.77. The molecule has 1 fully saturated rings. The number of halogens is 1. The fraction of sp³-hybridized carbons (Fsp3) is 0.565. The number of rotatable bonds is 9. The van der Waals surface area contributed by atoms with E-state index in [2.05, 4.69) is 50.2 Å². The van der Waals surface area contributed by atoms with Crippen LogP contribution in [-0.4, -0.2) is 54.8 Å². The third-order valence-electron chi connectivity index (χ3n) is 5.53. The predicted molar refractivity (Wildman–Crippen MR) is 139 cm³/mol. The molecule has 0 bridgehead atoms. The molecule has 0 aliphatic carbocycles. The summed E-state index contributed by atoms with van der Waals surface area (Å²) in [5.41, 5.74) is 1.22. The zero-order chi connectivity index (χ0) is 21.2. The zero-order valence-corrected chi connectivity index (χ0v) is 21.3. The molecule has 3 rings (SSSR count). The van der Waals surface area contributed by atoms with Crippen LogP contribution in [0, 0.1) is 6.92 Å². The topological polar surface area (TPSA) is 66.7 Å². The van der Waals surface area contributed by atoms with Crippen LogP contribution in [0.25, 0.3) is 0 Å². The van der Waals surface area contributed by atoms with Gasteiger partial charge in [0.25, 0.3) is 0 Å². The molecule has 1 aliphatic heterocycles. The first kappa shape index (κ1) is 25.3. The number of guanidine groups is 1. The summed E-state index contributed by atoms with van der Waals surface area (Å²) >= 11 is 0. The SMILES string of the molecule is CCNC(=NCCCCn1ccnc1C)NC1CCCN(c2cccc(OC)c2)C1.I. The van der Waals surface area contributed by atoms with Gasteiger partial charge >= 0.3 is 0 Å². The Labute approximate surface area is 203 Å². The lowest BCUT2D eigenvalue weighted by Crippen LogP contribution is -2.51. The lowest BCUT2D eigenvalue weighted by molar-refractivity contribution is 0.414. The van der Waals surface area contributed by atoms with E-state index in [9.17, 15) is 0 Å². The summed E-state index contributed by atoms with van der Waals surface area (Å²) in [5, 5.41) is 7.05. The van der Waals surface area contributed by atoms with Gasteiger partial charge in [0.05, 0.1) is 7.11 Å². The number of nitrogens with zero attached hydrogens (tertiary/aromatic N) is 4. The fourth-order valence-electron chi connectivity index (χ4n) is 3.87. The molecule has 172 valence electrons. The molecule has 2 aromatic rings. The normalized spacial score (nSPS) is 16.5. The largest absolute Gasteiger partial charge is 0.497 e. The molecular formula is C23H37IN6O. The lowest BCUT2D eigenvalue weighted by atomic mass is 10.0. The lowest BCUT2D eigenvalue weighted by Gasteiger charge is -2.35. The number of methoxy groups -OCH3 is 1. The number of aromatic nitrogens is 2. The Kier molecular flexibility index (Phi) is 11.0. The first-order valence-electron chi connectivity index (χ1n) is 11.1. The smallest absolute Gasteiger partial charge is 0.191 e. The molecule has 7 nitrogen and oxygen atoms in total. The van der Waals surface area contributed by atoms with Crippen molar-refractivity contribution in [3.8, 4) is 5.75 Å². The van der Waals surface area contributed by atoms with Gasteiger partial charge in [0, 0.05) is 62.9 Å². The van der Waals surface area contributed by atoms with E-state index in [-0.39, 0.29) is 24.0 Å². The summed E-state index contributed by atoms with van der Waals surface area (Å²) in [6.07, 6.45) is 8.40. The highest BCUT2D eigenvalue weighted by Gasteiger charge is 2.21. The van der Waals surface area contributed by atoms with Crippen molar-refractivity contribution in [2.45, 2.75) is 52.1 Å². The second-order valence-corrected chi connectivity index (χ2v) is 7.77. The van der Waals surface area contributed by atoms with Crippen LogP contribution in [0.1, 0.15) is 38.4 Å². The molecule has 2 heterocycles. The quantitative estimate of drug-likeness (QED) is 0.219. The van der Waals surface area contributed by atoms with Crippen LogP contribution < -0.4 is 20.3 Å². The number of nitrogens with one attached hydrogen (secondary N) is 2. The van der Waals surface area contributed by atoms with Crippen LogP contribution in [0.5, 0.6) is 5.75 Å². The minimum Gasteiger partial charge on any atom is -0.497 e. The van der Waals surface area contributed by atoms with E-state index in [0.717, 1.165) is 69.5 Å². The van der Waals surface area contributed by atoms with Gasteiger partial charge in [-0.25, -0.2) is 4.98 Å². The van der Waals surface area contributed by atoms with Crippen molar-refractivity contribution in [1.29, 1.82) is 0 Å². The number of benzene rings is 1. The Morgan fingerprint density at radius 1 is 1.32 bits per heavy atom. The highest BCUT2D eigenvalue weighted by Crippen LogP contribution is 2.24. The Balaban J connectivity index is 0.00000341. The van der Waals surface area contributed by atoms with Crippen molar-refractivity contribution in [3.05, 3.63) is 42.5 Å². The number of aliphatic imine (C=N–C) groups is 1. The summed E-state index contributed by atoms with van der Waals surface area (Å²) in [4.78, 5) is 11.5. The van der Waals surface area contributed by atoms with Crippen molar-refractivity contribution >= 4 is 35.6 Å². The van der Waals surface area contributed by atoms with Gasteiger partial charge in [0.15, 0.2) is 5.96 Å². The average molecular weight is 540 g/mol. The van der Waals surface area contributed by atoms with Crippen LogP contribution in [0.3, 0.4) is 0 Å². The van der Waals surface area contributed by atoms with Gasteiger partial charge < -0.3 is 24.8 Å². The summed E-state index contributed by atoms with van der Waals surface area (Å²) in [7, 11) is 1.72. The van der Waals surface area contributed by atoms with E-state index >= 15 is 0 Å². The number of aryl methyl sites for hydroxylation is 2. The molecule has 0 spiro atoms. The van der Waals surface area contributed by atoms with Gasteiger partial charge in [-0.15, -0.1) is 24.0 Å². The third kappa shape index (κ3) is 7.90. The summed E-state index contributed by atoms with van der Waals surface area (Å²) in [5.74, 6) is 2.91. The van der Waals surface area contributed by atoms with E-state index in [0.29, 0.717) is 6.04 Å². The van der Waals surface area contributed by atoms with E-state index in [1.54, 1.807) is 7.11 Å². The van der Waals surface area contributed by atoms with E-state index in [1.807, 2.05) is 25.4 Å². The van der Waals surface area contributed by atoms with Crippen molar-refractivity contribution in [3.63, 3.8) is 0 Å². The van der Waals surface area contributed by atoms with Gasteiger partial charge in [-0.1, -0.05) is 6.07 Å². The van der Waals surface area contributed by atoms with Crippen LogP contribution in [0.15, 0.2) is 41.7 Å². The number of ether oxygens (including phenoxy) is 1. The van der Waals surface area contributed by atoms with Gasteiger partial charge in [-0.05, 0) is 51.7 Å². The number of unbranched alkanes of at least 4 members (excludes halogenated alkanes) is 1. The first-order valence-corrected chi connectivity index (χ1v) is 11.1. The highest BCUT2D eigenvalue weighted by molar-refractivity contribution is 14.0. The number of imidazole rings is 1. The molecule has 1 aromatic carbocycles. The third-order valence-corrected chi connectivity index (χ3v) is 5.53. The summed E-state index contributed by atoms with van der Waals surface area (Å²) in [6.45, 7) is 8.90. The van der Waals surface area contributed by atoms with E-state index in [4.69, 9.17) is 9.73 Å². The maximum atomic E-state index is 5.39. The fourth-order valence-corrected chi connectivity index (χ4v) is 3.87. The van der Waals surface area contributed by atoms with Gasteiger partial charge in [0.1, 0.15) is 11.6 Å². The molecule has 1 aliphatic rings. The average Bonchev–Trinajstić information content (AvgIpc) is 3.18. The molecule has 1 saturated heterocycles. The van der Waals surface area contributed by atoms with Gasteiger partial charge in [-0.2, -0.15) is 0 Å². The first-order chi connectivity index (χ1) is 14.7. The Morgan fingerprint density at radius 2 is 2.19 bits per heavy atom. The maximum Gasteiger partial charge on any atom is 0.191 e. The van der Waals surface area contributed by atoms with Crippen LogP contribution in [-0.2, 0) is 6.54 Å². The number of hydrogen-bond acceptors (Lipinski definition) is 4. The molecule has 8 heteroatoms. The van der Waals surface area contributed by atoms with Crippen LogP contribution in [0.2, 0.25) is 0 Å². The molecule has 0 radical (unpaired) electrons. The highest BCUT2D eigenvalue weighted by atomic mass is 127. The number of piperidine rings is 1. The van der Waals surface area contributed by atoms with Crippen molar-refractivity contribution in [2.75, 3.05) is 38.2 Å². The zero-order valence-electron chi connectivity index (χ0n) is 19.0. The van der Waals surface area contributed by atoms with Gasteiger partial charge in [0.2, 0.25) is 0 Å². The standard InChI is InChI=1S/C23H36N6O.HI/c1-4-24-23(26-12-5-6-14-28-16-13-25-19(28)2)27-20-9-8-15-29(18-20)21-10-7-11-22(17-21)30-3;/h7,10-11,13,16-17,20H,4-6,8-9,12,14-15,18H2,1-3H3,(H2,24,26,27);1H. The van der Waals surface area contributed by atoms with Crippen molar-refractivity contribution in [1.82, 2.24) is 20.2 Å². The Morgan fingerprint density at radius 3 is 2.94 bits per heavy atom. The molecule has 1 atom stereocenters. The minimum atomic E-state index is 0. The summed E-state index contributed by atoms with van der Waals surface area (Å²) in [6, 6.07) is 8.71. The molecule has 31 heavy (non-hydrogen) atoms. The van der Waals surface area contributed by atoms with Crippen molar-refractivity contribution < 1.29 is 4.74 Å². The molecule has 2 N–H and O–H groups in total. The Bertz CT molecular complexity index is 809. The molecule has 1 aromatic heterocycles. The van der Waals surface area contributed by atoms with Crippen LogP contribution in [0.4, 0.5) is 5.69 Å². The molecule has 0 amide bonds. The van der Waals surface area contributed by atoms with Crippen LogP contribution >= 0.6 is 24.0 Å². The molecule has 0 saturated carbocycles. The Hall–Kier alpha value is -1.97. The summed E-state index contributed by atoms with van der Waals surface area (Å²) < 4.78 is 7.58. The monoisotopic (exact) mass is 540 g/mol. The molecular weight excluding hydrogens is 503 g/mol. The minimum absolute atomic E-state index is 0.